The molecule has 0 saturated carbocycles. The molecule has 0 aliphatic carbocycles. The number of rotatable bonds is 4. The zero-order valence-corrected chi connectivity index (χ0v) is 9.13. The Kier molecular flexibility index (Phi) is 3.41. The molecule has 0 spiro atoms. The highest BCUT2D eigenvalue weighted by Gasteiger charge is 2.30. The number of benzene rings is 1. The molecule has 2 N–H and O–H groups in total. The average Bonchev–Trinajstić information content (AvgIpc) is 2.61. The summed E-state index contributed by atoms with van der Waals surface area (Å²) in [5.74, 6) is 0. The first-order valence-corrected chi connectivity index (χ1v) is 5.49. The van der Waals surface area contributed by atoms with E-state index in [1.807, 2.05) is 30.3 Å². The second kappa shape index (κ2) is 4.99. The van der Waals surface area contributed by atoms with Gasteiger partial charge in [-0.2, -0.15) is 0 Å². The molecule has 1 atom stereocenters. The van der Waals surface area contributed by atoms with Crippen LogP contribution in [0.2, 0.25) is 0 Å². The molecule has 1 fully saturated rings. The number of carbonyl (C=O) groups excluding carboxylic acids is 1. The molecule has 86 valence electrons. The van der Waals surface area contributed by atoms with Crippen LogP contribution in [0.1, 0.15) is 5.56 Å². The summed E-state index contributed by atoms with van der Waals surface area (Å²) in [5, 5.41) is 0. The van der Waals surface area contributed by atoms with Crippen LogP contribution in [0.3, 0.4) is 0 Å². The maximum absolute atomic E-state index is 11.4. The summed E-state index contributed by atoms with van der Waals surface area (Å²) in [4.78, 5) is 13.1. The van der Waals surface area contributed by atoms with E-state index in [4.69, 9.17) is 10.5 Å². The van der Waals surface area contributed by atoms with Crippen molar-refractivity contribution in [2.24, 2.45) is 5.73 Å². The van der Waals surface area contributed by atoms with Gasteiger partial charge in [-0.3, -0.25) is 0 Å². The van der Waals surface area contributed by atoms with E-state index in [1.54, 1.807) is 4.90 Å². The molecular formula is C12H16N2O2. The minimum absolute atomic E-state index is 0.0403. The first-order chi connectivity index (χ1) is 7.79. The van der Waals surface area contributed by atoms with E-state index in [0.29, 0.717) is 19.6 Å². The van der Waals surface area contributed by atoms with Gasteiger partial charge in [-0.1, -0.05) is 30.3 Å². The number of amides is 1. The van der Waals surface area contributed by atoms with Gasteiger partial charge < -0.3 is 15.4 Å². The summed E-state index contributed by atoms with van der Waals surface area (Å²) in [6.07, 6.45) is 0.487. The molecule has 1 aromatic rings. The van der Waals surface area contributed by atoms with Crippen LogP contribution in [-0.2, 0) is 11.2 Å². The number of nitrogens with two attached hydrogens (primary N) is 1. The number of cyclic esters (lactones) is 1. The van der Waals surface area contributed by atoms with Crippen LogP contribution in [0.25, 0.3) is 0 Å². The van der Waals surface area contributed by atoms with E-state index in [-0.39, 0.29) is 12.2 Å². The topological polar surface area (TPSA) is 55.6 Å². The maximum atomic E-state index is 11.4. The predicted octanol–water partition coefficient (Wildman–Crippen LogP) is 1.01. The minimum atomic E-state index is -0.244. The molecule has 1 heterocycles. The molecule has 4 heteroatoms. The van der Waals surface area contributed by atoms with Gasteiger partial charge in [0.1, 0.15) is 6.10 Å². The predicted molar refractivity (Wildman–Crippen MR) is 61.0 cm³/mol. The fourth-order valence-electron chi connectivity index (χ4n) is 1.90. The summed E-state index contributed by atoms with van der Waals surface area (Å²) >= 11 is 0. The standard InChI is InChI=1S/C12H16N2O2/c13-6-7-14-9-11(16-12(14)15)8-10-4-2-1-3-5-10/h1-5,11H,6-9,13H2. The van der Waals surface area contributed by atoms with Crippen LogP contribution in [0.4, 0.5) is 4.79 Å². The van der Waals surface area contributed by atoms with E-state index in [9.17, 15) is 4.79 Å². The number of hydrogen-bond donors (Lipinski definition) is 1. The van der Waals surface area contributed by atoms with E-state index in [1.165, 1.54) is 5.56 Å². The molecule has 1 amide bonds. The Morgan fingerprint density at radius 2 is 2.12 bits per heavy atom. The molecule has 0 aromatic heterocycles. The van der Waals surface area contributed by atoms with E-state index in [2.05, 4.69) is 0 Å². The summed E-state index contributed by atoms with van der Waals surface area (Å²) < 4.78 is 5.26. The molecule has 1 aromatic carbocycles. The normalized spacial score (nSPS) is 19.9. The van der Waals surface area contributed by atoms with Crippen molar-refractivity contribution < 1.29 is 9.53 Å². The van der Waals surface area contributed by atoms with Crippen LogP contribution in [0, 0.1) is 0 Å². The third-order valence-corrected chi connectivity index (χ3v) is 2.65. The Hall–Kier alpha value is -1.55. The summed E-state index contributed by atoms with van der Waals surface area (Å²) in [6, 6.07) is 10.0. The summed E-state index contributed by atoms with van der Waals surface area (Å²) in [7, 11) is 0. The largest absolute Gasteiger partial charge is 0.444 e. The maximum Gasteiger partial charge on any atom is 0.410 e. The highest BCUT2D eigenvalue weighted by molar-refractivity contribution is 5.69. The zero-order valence-electron chi connectivity index (χ0n) is 9.13. The minimum Gasteiger partial charge on any atom is -0.444 e. The van der Waals surface area contributed by atoms with Crippen molar-refractivity contribution in [3.63, 3.8) is 0 Å². The Bertz CT molecular complexity index is 353. The fraction of sp³-hybridized carbons (Fsp3) is 0.417. The van der Waals surface area contributed by atoms with Gasteiger partial charge in [-0.25, -0.2) is 4.79 Å². The quantitative estimate of drug-likeness (QED) is 0.823. The van der Waals surface area contributed by atoms with E-state index >= 15 is 0 Å². The lowest BCUT2D eigenvalue weighted by molar-refractivity contribution is 0.132. The summed E-state index contributed by atoms with van der Waals surface area (Å²) in [5.41, 5.74) is 6.61. The zero-order chi connectivity index (χ0) is 11.4. The Balaban J connectivity index is 1.91. The van der Waals surface area contributed by atoms with Crippen LogP contribution in [0.15, 0.2) is 30.3 Å². The van der Waals surface area contributed by atoms with Crippen LogP contribution < -0.4 is 5.73 Å². The lowest BCUT2D eigenvalue weighted by atomic mass is 10.1. The number of carbonyl (C=O) groups is 1. The third-order valence-electron chi connectivity index (χ3n) is 2.65. The van der Waals surface area contributed by atoms with Gasteiger partial charge in [0.15, 0.2) is 0 Å². The van der Waals surface area contributed by atoms with Crippen molar-refractivity contribution in [1.82, 2.24) is 4.90 Å². The molecular weight excluding hydrogens is 204 g/mol. The Morgan fingerprint density at radius 1 is 1.38 bits per heavy atom. The second-order valence-electron chi connectivity index (χ2n) is 3.93. The number of hydrogen-bond acceptors (Lipinski definition) is 3. The molecule has 1 aliphatic rings. The molecule has 2 rings (SSSR count). The van der Waals surface area contributed by atoms with Crippen molar-refractivity contribution >= 4 is 6.09 Å². The van der Waals surface area contributed by atoms with Gasteiger partial charge in [0, 0.05) is 19.5 Å². The van der Waals surface area contributed by atoms with E-state index in [0.717, 1.165) is 6.42 Å². The molecule has 0 bridgehead atoms. The van der Waals surface area contributed by atoms with E-state index < -0.39 is 0 Å². The van der Waals surface area contributed by atoms with Gasteiger partial charge >= 0.3 is 6.09 Å². The molecule has 0 radical (unpaired) electrons. The molecule has 1 aliphatic heterocycles. The van der Waals surface area contributed by atoms with Crippen molar-refractivity contribution in [3.8, 4) is 0 Å². The lowest BCUT2D eigenvalue weighted by Gasteiger charge is -2.10. The van der Waals surface area contributed by atoms with Crippen LogP contribution >= 0.6 is 0 Å². The summed E-state index contributed by atoms with van der Waals surface area (Å²) in [6.45, 7) is 1.70. The van der Waals surface area contributed by atoms with Crippen molar-refractivity contribution in [2.45, 2.75) is 12.5 Å². The first-order valence-electron chi connectivity index (χ1n) is 5.49. The van der Waals surface area contributed by atoms with Gasteiger partial charge in [-0.05, 0) is 5.56 Å². The number of nitrogens with zero attached hydrogens (tertiary/aromatic N) is 1. The third kappa shape index (κ3) is 2.52. The highest BCUT2D eigenvalue weighted by atomic mass is 16.6. The first kappa shape index (κ1) is 11.0. The number of ether oxygens (including phenoxy) is 1. The van der Waals surface area contributed by atoms with Crippen LogP contribution in [-0.4, -0.2) is 36.7 Å². The smallest absolute Gasteiger partial charge is 0.410 e. The fourth-order valence-corrected chi connectivity index (χ4v) is 1.90. The molecule has 1 unspecified atom stereocenters. The van der Waals surface area contributed by atoms with Crippen molar-refractivity contribution in [1.29, 1.82) is 0 Å². The highest BCUT2D eigenvalue weighted by Crippen LogP contribution is 2.15. The van der Waals surface area contributed by atoms with Gasteiger partial charge in [0.2, 0.25) is 0 Å². The second-order valence-corrected chi connectivity index (χ2v) is 3.93. The molecule has 4 nitrogen and oxygen atoms in total. The average molecular weight is 220 g/mol. The van der Waals surface area contributed by atoms with Gasteiger partial charge in [0.05, 0.1) is 6.54 Å². The van der Waals surface area contributed by atoms with Crippen LogP contribution in [0.5, 0.6) is 0 Å². The monoisotopic (exact) mass is 220 g/mol. The Labute approximate surface area is 95.0 Å². The van der Waals surface area contributed by atoms with Gasteiger partial charge in [-0.15, -0.1) is 0 Å². The lowest BCUT2D eigenvalue weighted by Crippen LogP contribution is -2.30. The van der Waals surface area contributed by atoms with Crippen molar-refractivity contribution in [3.05, 3.63) is 35.9 Å². The SMILES string of the molecule is NCCN1CC(Cc2ccccc2)OC1=O. The van der Waals surface area contributed by atoms with Crippen molar-refractivity contribution in [2.75, 3.05) is 19.6 Å². The van der Waals surface area contributed by atoms with Gasteiger partial charge in [0.25, 0.3) is 0 Å². The molecule has 16 heavy (non-hydrogen) atoms. The molecule has 1 saturated heterocycles. The Morgan fingerprint density at radius 3 is 2.81 bits per heavy atom.